The van der Waals surface area contributed by atoms with E-state index in [1.807, 2.05) is 0 Å². The Morgan fingerprint density at radius 2 is 2.30 bits per heavy atom. The zero-order valence-electron chi connectivity index (χ0n) is 5.53. The summed E-state index contributed by atoms with van der Waals surface area (Å²) in [7, 11) is -2.97. The molecule has 2 heterocycles. The monoisotopic (exact) mass is 159 g/mol. The fourth-order valence-corrected chi connectivity index (χ4v) is 3.02. The van der Waals surface area contributed by atoms with Crippen LogP contribution >= 0.6 is 0 Å². The third-order valence-electron chi connectivity index (χ3n) is 2.05. The Labute approximate surface area is 60.4 Å². The van der Waals surface area contributed by atoms with Gasteiger partial charge in [-0.2, -0.15) is 4.31 Å². The molecule has 10 heavy (non-hydrogen) atoms. The third-order valence-corrected chi connectivity index (χ3v) is 3.66. The highest BCUT2D eigenvalue weighted by Crippen LogP contribution is 2.27. The molecule has 0 aliphatic carbocycles. The highest BCUT2D eigenvalue weighted by Gasteiger charge is 2.35. The maximum Gasteiger partial charge on any atom is 0.236 e. The zero-order chi connectivity index (χ0) is 7.19. The van der Waals surface area contributed by atoms with E-state index in [1.54, 1.807) is 10.4 Å². The predicted octanol–water partition coefficient (Wildman–Crippen LogP) is 0.308. The van der Waals surface area contributed by atoms with Crippen LogP contribution in [0, 0.1) is 0 Å². The van der Waals surface area contributed by atoms with Crippen molar-refractivity contribution in [2.24, 2.45) is 0 Å². The van der Waals surface area contributed by atoms with Crippen LogP contribution in [0.4, 0.5) is 0 Å². The van der Waals surface area contributed by atoms with E-state index in [0.717, 1.165) is 12.8 Å². The van der Waals surface area contributed by atoms with Crippen molar-refractivity contribution in [2.45, 2.75) is 18.9 Å². The molecule has 0 radical (unpaired) electrons. The van der Waals surface area contributed by atoms with Gasteiger partial charge in [0.25, 0.3) is 0 Å². The van der Waals surface area contributed by atoms with E-state index in [2.05, 4.69) is 0 Å². The van der Waals surface area contributed by atoms with Crippen molar-refractivity contribution in [3.05, 3.63) is 11.5 Å². The molecule has 0 aromatic rings. The van der Waals surface area contributed by atoms with E-state index in [0.29, 0.717) is 6.54 Å². The molecule has 0 aromatic carbocycles. The van der Waals surface area contributed by atoms with E-state index < -0.39 is 10.0 Å². The summed E-state index contributed by atoms with van der Waals surface area (Å²) < 4.78 is 23.7. The summed E-state index contributed by atoms with van der Waals surface area (Å²) in [5.41, 5.74) is 0. The predicted molar refractivity (Wildman–Crippen MR) is 37.8 cm³/mol. The molecule has 2 rings (SSSR count). The van der Waals surface area contributed by atoms with Gasteiger partial charge in [0.15, 0.2) is 0 Å². The van der Waals surface area contributed by atoms with Gasteiger partial charge in [0.2, 0.25) is 10.0 Å². The van der Waals surface area contributed by atoms with Gasteiger partial charge >= 0.3 is 0 Å². The van der Waals surface area contributed by atoms with Crippen LogP contribution in [0.2, 0.25) is 0 Å². The SMILES string of the molecule is O=S1(=O)C=CC2CCCN21. The van der Waals surface area contributed by atoms with Crippen LogP contribution in [0.3, 0.4) is 0 Å². The Balaban J connectivity index is 2.41. The van der Waals surface area contributed by atoms with Crippen LogP contribution < -0.4 is 0 Å². The molecule has 1 unspecified atom stereocenters. The quantitative estimate of drug-likeness (QED) is 0.510. The van der Waals surface area contributed by atoms with Crippen LogP contribution in [0.25, 0.3) is 0 Å². The Bertz CT molecular complexity index is 267. The normalized spacial score (nSPS) is 36.6. The van der Waals surface area contributed by atoms with Gasteiger partial charge in [-0.15, -0.1) is 0 Å². The topological polar surface area (TPSA) is 37.4 Å². The minimum Gasteiger partial charge on any atom is -0.207 e. The fourth-order valence-electron chi connectivity index (χ4n) is 1.54. The molecule has 1 fully saturated rings. The molecule has 2 aliphatic heterocycles. The summed E-state index contributed by atoms with van der Waals surface area (Å²) in [6.45, 7) is 0.708. The standard InChI is InChI=1S/C6H9NO2S/c8-10(9)5-3-6-2-1-4-7(6)10/h3,5-6H,1-2,4H2. The van der Waals surface area contributed by atoms with Crippen LogP contribution in [0.1, 0.15) is 12.8 Å². The lowest BCUT2D eigenvalue weighted by Crippen LogP contribution is -2.27. The van der Waals surface area contributed by atoms with Crippen LogP contribution in [-0.4, -0.2) is 25.3 Å². The summed E-state index contributed by atoms with van der Waals surface area (Å²) in [4.78, 5) is 0. The van der Waals surface area contributed by atoms with Gasteiger partial charge in [-0.05, 0) is 12.8 Å². The van der Waals surface area contributed by atoms with Crippen LogP contribution in [0.15, 0.2) is 11.5 Å². The lowest BCUT2D eigenvalue weighted by Gasteiger charge is -2.11. The highest BCUT2D eigenvalue weighted by molar-refractivity contribution is 7.92. The first-order chi connectivity index (χ1) is 4.70. The van der Waals surface area contributed by atoms with Crippen molar-refractivity contribution in [2.75, 3.05) is 6.54 Å². The summed E-state index contributed by atoms with van der Waals surface area (Å²) in [6.07, 6.45) is 3.78. The van der Waals surface area contributed by atoms with Crippen molar-refractivity contribution in [1.29, 1.82) is 0 Å². The molecular weight excluding hydrogens is 150 g/mol. The van der Waals surface area contributed by atoms with Crippen molar-refractivity contribution in [1.82, 2.24) is 4.31 Å². The molecule has 4 heteroatoms. The molecule has 3 nitrogen and oxygen atoms in total. The van der Waals surface area contributed by atoms with E-state index in [-0.39, 0.29) is 6.04 Å². The van der Waals surface area contributed by atoms with Crippen molar-refractivity contribution in [3.8, 4) is 0 Å². The van der Waals surface area contributed by atoms with Gasteiger partial charge in [-0.25, -0.2) is 8.42 Å². The van der Waals surface area contributed by atoms with Crippen molar-refractivity contribution in [3.63, 3.8) is 0 Å². The third kappa shape index (κ3) is 0.722. The fraction of sp³-hybridized carbons (Fsp3) is 0.667. The summed E-state index contributed by atoms with van der Waals surface area (Å²) >= 11 is 0. The summed E-state index contributed by atoms with van der Waals surface area (Å²) in [5.74, 6) is 0. The van der Waals surface area contributed by atoms with E-state index in [9.17, 15) is 8.42 Å². The average molecular weight is 159 g/mol. The van der Waals surface area contributed by atoms with E-state index in [1.165, 1.54) is 5.41 Å². The number of hydrogen-bond donors (Lipinski definition) is 0. The molecular formula is C6H9NO2S. The largest absolute Gasteiger partial charge is 0.236 e. The summed E-state index contributed by atoms with van der Waals surface area (Å²) in [6, 6.07) is 0.185. The molecule has 0 bridgehead atoms. The van der Waals surface area contributed by atoms with Gasteiger partial charge in [0, 0.05) is 18.0 Å². The Kier molecular flexibility index (Phi) is 1.16. The van der Waals surface area contributed by atoms with Gasteiger partial charge in [-0.3, -0.25) is 0 Å². The van der Waals surface area contributed by atoms with E-state index >= 15 is 0 Å². The number of nitrogens with zero attached hydrogens (tertiary/aromatic N) is 1. The second-order valence-electron chi connectivity index (χ2n) is 2.69. The Morgan fingerprint density at radius 3 is 3.00 bits per heavy atom. The summed E-state index contributed by atoms with van der Waals surface area (Å²) in [5, 5.41) is 1.32. The average Bonchev–Trinajstić information content (AvgIpc) is 2.36. The first-order valence-corrected chi connectivity index (χ1v) is 4.90. The number of rotatable bonds is 0. The van der Waals surface area contributed by atoms with Crippen LogP contribution in [0.5, 0.6) is 0 Å². The molecule has 0 aromatic heterocycles. The molecule has 0 N–H and O–H groups in total. The smallest absolute Gasteiger partial charge is 0.207 e. The minimum atomic E-state index is -2.97. The van der Waals surface area contributed by atoms with Gasteiger partial charge in [-0.1, -0.05) is 6.08 Å². The minimum absolute atomic E-state index is 0.185. The molecule has 1 atom stereocenters. The maximum absolute atomic E-state index is 11.1. The highest BCUT2D eigenvalue weighted by atomic mass is 32.2. The zero-order valence-corrected chi connectivity index (χ0v) is 6.34. The number of sulfonamides is 1. The van der Waals surface area contributed by atoms with Crippen molar-refractivity contribution < 1.29 is 8.42 Å². The first-order valence-electron chi connectivity index (χ1n) is 3.40. The van der Waals surface area contributed by atoms with Gasteiger partial charge in [0.1, 0.15) is 0 Å². The Morgan fingerprint density at radius 1 is 1.50 bits per heavy atom. The molecule has 0 spiro atoms. The Hall–Kier alpha value is -0.350. The number of hydrogen-bond acceptors (Lipinski definition) is 2. The molecule has 56 valence electrons. The van der Waals surface area contributed by atoms with Crippen molar-refractivity contribution >= 4 is 10.0 Å². The maximum atomic E-state index is 11.1. The molecule has 1 saturated heterocycles. The van der Waals surface area contributed by atoms with Gasteiger partial charge < -0.3 is 0 Å². The van der Waals surface area contributed by atoms with E-state index in [4.69, 9.17) is 0 Å². The van der Waals surface area contributed by atoms with Gasteiger partial charge in [0.05, 0.1) is 0 Å². The second kappa shape index (κ2) is 1.83. The lowest BCUT2D eigenvalue weighted by molar-refractivity contribution is 0.451. The molecule has 2 aliphatic rings. The number of fused-ring (bicyclic) bond motifs is 1. The molecule has 0 amide bonds. The molecule has 0 saturated carbocycles. The second-order valence-corrected chi connectivity index (χ2v) is 4.46. The van der Waals surface area contributed by atoms with Crippen LogP contribution in [-0.2, 0) is 10.0 Å². The lowest BCUT2D eigenvalue weighted by atomic mass is 10.2. The first kappa shape index (κ1) is 6.37.